The van der Waals surface area contributed by atoms with Crippen molar-refractivity contribution < 1.29 is 9.59 Å². The van der Waals surface area contributed by atoms with Crippen LogP contribution in [-0.4, -0.2) is 96.9 Å². The Hall–Kier alpha value is -1.92. The van der Waals surface area contributed by atoms with E-state index >= 15 is 0 Å². The lowest BCUT2D eigenvalue weighted by atomic mass is 9.83. The lowest BCUT2D eigenvalue weighted by Gasteiger charge is -2.47. The number of piperidine rings is 4. The summed E-state index contributed by atoms with van der Waals surface area (Å²) in [7, 11) is 4.36. The van der Waals surface area contributed by atoms with Gasteiger partial charge in [-0.2, -0.15) is 0 Å². The van der Waals surface area contributed by atoms with Crippen molar-refractivity contribution in [3.05, 3.63) is 35.4 Å². The molecule has 0 radical (unpaired) electrons. The van der Waals surface area contributed by atoms with Gasteiger partial charge in [0.25, 0.3) is 11.8 Å². The van der Waals surface area contributed by atoms with Crippen LogP contribution < -0.4 is 0 Å². The summed E-state index contributed by atoms with van der Waals surface area (Å²) in [6.07, 6.45) is 6.68. The molecule has 4 aliphatic rings. The van der Waals surface area contributed by atoms with Crippen molar-refractivity contribution in [2.24, 2.45) is 11.8 Å². The van der Waals surface area contributed by atoms with Crippen LogP contribution in [0.4, 0.5) is 0 Å². The van der Waals surface area contributed by atoms with Crippen molar-refractivity contribution in [1.82, 2.24) is 19.6 Å². The van der Waals surface area contributed by atoms with Crippen molar-refractivity contribution in [1.29, 1.82) is 0 Å². The molecule has 4 fully saturated rings. The van der Waals surface area contributed by atoms with Crippen LogP contribution in [0.25, 0.3) is 0 Å². The molecule has 4 aliphatic heterocycles. The molecule has 1 aromatic rings. The van der Waals surface area contributed by atoms with E-state index < -0.39 is 0 Å². The van der Waals surface area contributed by atoms with Crippen LogP contribution in [0.1, 0.15) is 59.2 Å². The van der Waals surface area contributed by atoms with E-state index in [2.05, 4.69) is 33.7 Å². The van der Waals surface area contributed by atoms with E-state index in [4.69, 9.17) is 0 Å². The predicted molar refractivity (Wildman–Crippen MR) is 126 cm³/mol. The minimum Gasteiger partial charge on any atom is -0.335 e. The first-order valence-electron chi connectivity index (χ1n) is 12.6. The molecule has 4 heterocycles. The van der Waals surface area contributed by atoms with Gasteiger partial charge >= 0.3 is 0 Å². The largest absolute Gasteiger partial charge is 0.335 e. The van der Waals surface area contributed by atoms with E-state index in [1.54, 1.807) is 0 Å². The smallest absolute Gasteiger partial charge is 0.254 e. The van der Waals surface area contributed by atoms with E-state index in [0.717, 1.165) is 65.0 Å². The zero-order valence-corrected chi connectivity index (χ0v) is 19.7. The molecule has 0 N–H and O–H groups in total. The number of fused-ring (bicyclic) bond motifs is 2. The fourth-order valence-electron chi connectivity index (χ4n) is 6.79. The molecule has 5 rings (SSSR count). The molecule has 32 heavy (non-hydrogen) atoms. The number of hydrogen-bond donors (Lipinski definition) is 0. The van der Waals surface area contributed by atoms with E-state index in [1.165, 1.54) is 12.8 Å². The molecule has 4 unspecified atom stereocenters. The Morgan fingerprint density at radius 1 is 0.719 bits per heavy atom. The van der Waals surface area contributed by atoms with Crippen molar-refractivity contribution in [3.63, 3.8) is 0 Å². The summed E-state index contributed by atoms with van der Waals surface area (Å²) in [5.41, 5.74) is 1.35. The molecule has 0 aromatic heterocycles. The number of carbonyl (C=O) groups is 2. The quantitative estimate of drug-likeness (QED) is 0.713. The summed E-state index contributed by atoms with van der Waals surface area (Å²) in [5.74, 6) is 1.36. The highest BCUT2D eigenvalue weighted by Gasteiger charge is 2.39. The second kappa shape index (κ2) is 9.14. The number of nitrogens with zero attached hydrogens (tertiary/aromatic N) is 4. The van der Waals surface area contributed by atoms with E-state index in [9.17, 15) is 9.59 Å². The van der Waals surface area contributed by atoms with Gasteiger partial charge in [-0.15, -0.1) is 0 Å². The third-order valence-electron chi connectivity index (χ3n) is 8.42. The summed E-state index contributed by atoms with van der Waals surface area (Å²) < 4.78 is 0. The van der Waals surface area contributed by atoms with Gasteiger partial charge < -0.3 is 19.6 Å². The number of benzene rings is 1. The van der Waals surface area contributed by atoms with Gasteiger partial charge in [0.15, 0.2) is 0 Å². The third kappa shape index (κ3) is 4.19. The maximum absolute atomic E-state index is 13.5. The second-order valence-electron chi connectivity index (χ2n) is 10.6. The van der Waals surface area contributed by atoms with Gasteiger partial charge in [-0.3, -0.25) is 9.59 Å². The Morgan fingerprint density at radius 3 is 1.66 bits per heavy atom. The first-order chi connectivity index (χ1) is 15.5. The summed E-state index contributed by atoms with van der Waals surface area (Å²) in [5, 5.41) is 0. The Labute approximate surface area is 192 Å². The van der Waals surface area contributed by atoms with Gasteiger partial charge in [-0.05, 0) is 95.7 Å². The Kier molecular flexibility index (Phi) is 6.26. The van der Waals surface area contributed by atoms with Crippen LogP contribution in [0.3, 0.4) is 0 Å². The fraction of sp³-hybridized carbons (Fsp3) is 0.692. The maximum Gasteiger partial charge on any atom is 0.254 e. The zero-order chi connectivity index (χ0) is 22.2. The van der Waals surface area contributed by atoms with E-state index in [-0.39, 0.29) is 11.8 Å². The summed E-state index contributed by atoms with van der Waals surface area (Å²) >= 11 is 0. The first kappa shape index (κ1) is 21.9. The third-order valence-corrected chi connectivity index (χ3v) is 8.42. The highest BCUT2D eigenvalue weighted by atomic mass is 16.2. The molecule has 2 amide bonds. The van der Waals surface area contributed by atoms with Crippen LogP contribution in [-0.2, 0) is 0 Å². The number of likely N-dealkylation sites (tertiary alicyclic amines) is 4. The Morgan fingerprint density at radius 2 is 1.19 bits per heavy atom. The van der Waals surface area contributed by atoms with Crippen molar-refractivity contribution >= 4 is 11.8 Å². The SMILES string of the molecule is CN1CCC2C(CCCN2C(=O)c2cccc(C(=O)N3CCCC4CN(C)CCC43)c2)C1. The molecule has 6 heteroatoms. The standard InChI is InChI=1S/C26H38N4O2/c1-27-14-10-23-21(17-27)8-4-12-29(23)25(31)19-6-3-7-20(16-19)26(32)30-13-5-9-22-18-28(2)15-11-24(22)30/h3,6-7,16,21-24H,4-5,8-15,17-18H2,1-2H3. The summed E-state index contributed by atoms with van der Waals surface area (Å²) in [6.45, 7) is 5.95. The summed E-state index contributed by atoms with van der Waals surface area (Å²) in [4.78, 5) is 36.1. The normalized spacial score (nSPS) is 31.7. The first-order valence-corrected chi connectivity index (χ1v) is 12.6. The highest BCUT2D eigenvalue weighted by molar-refractivity contribution is 6.00. The highest BCUT2D eigenvalue weighted by Crippen LogP contribution is 2.33. The van der Waals surface area contributed by atoms with Gasteiger partial charge in [0.05, 0.1) is 0 Å². The van der Waals surface area contributed by atoms with Crippen LogP contribution in [0, 0.1) is 11.8 Å². The van der Waals surface area contributed by atoms with Gasteiger partial charge in [-0.1, -0.05) is 6.07 Å². The molecule has 174 valence electrons. The molecule has 1 aromatic carbocycles. The molecule has 4 atom stereocenters. The summed E-state index contributed by atoms with van der Waals surface area (Å²) in [6, 6.07) is 8.23. The lowest BCUT2D eigenvalue weighted by Crippen LogP contribution is -2.55. The van der Waals surface area contributed by atoms with Gasteiger partial charge in [0, 0.05) is 49.4 Å². The van der Waals surface area contributed by atoms with Crippen molar-refractivity contribution in [3.8, 4) is 0 Å². The number of amides is 2. The van der Waals surface area contributed by atoms with Crippen LogP contribution in [0.15, 0.2) is 24.3 Å². The minimum atomic E-state index is 0.106. The lowest BCUT2D eigenvalue weighted by molar-refractivity contribution is 0.0250. The number of carbonyl (C=O) groups excluding carboxylic acids is 2. The van der Waals surface area contributed by atoms with Crippen LogP contribution in [0.5, 0.6) is 0 Å². The van der Waals surface area contributed by atoms with Gasteiger partial charge in [0.1, 0.15) is 0 Å². The second-order valence-corrected chi connectivity index (χ2v) is 10.6. The average molecular weight is 439 g/mol. The number of rotatable bonds is 2. The van der Waals surface area contributed by atoms with Crippen molar-refractivity contribution in [2.45, 2.75) is 50.6 Å². The molecule has 6 nitrogen and oxygen atoms in total. The fourth-order valence-corrected chi connectivity index (χ4v) is 6.79. The maximum atomic E-state index is 13.5. The topological polar surface area (TPSA) is 47.1 Å². The Bertz CT molecular complexity index is 793. The molecule has 0 spiro atoms. The molecule has 0 bridgehead atoms. The predicted octanol–water partition coefficient (Wildman–Crippen LogP) is 2.80. The molecular weight excluding hydrogens is 400 g/mol. The Balaban J connectivity index is 1.33. The van der Waals surface area contributed by atoms with Crippen LogP contribution >= 0.6 is 0 Å². The molecule has 0 aliphatic carbocycles. The van der Waals surface area contributed by atoms with Crippen molar-refractivity contribution in [2.75, 3.05) is 53.4 Å². The number of hydrogen-bond acceptors (Lipinski definition) is 4. The average Bonchev–Trinajstić information content (AvgIpc) is 2.82. The van der Waals surface area contributed by atoms with E-state index in [1.807, 2.05) is 24.3 Å². The molecule has 0 saturated carbocycles. The van der Waals surface area contributed by atoms with E-state index in [0.29, 0.717) is 35.0 Å². The van der Waals surface area contributed by atoms with Crippen LogP contribution in [0.2, 0.25) is 0 Å². The van der Waals surface area contributed by atoms with Gasteiger partial charge in [-0.25, -0.2) is 0 Å². The van der Waals surface area contributed by atoms with Gasteiger partial charge in [0.2, 0.25) is 0 Å². The molecule has 4 saturated heterocycles. The molecular formula is C26H38N4O2. The zero-order valence-electron chi connectivity index (χ0n) is 19.7. The monoisotopic (exact) mass is 438 g/mol. The minimum absolute atomic E-state index is 0.106.